The molecule has 0 rings (SSSR count). The van der Waals surface area contributed by atoms with Crippen LogP contribution in [-0.2, 0) is 4.79 Å². The maximum atomic E-state index is 11.2. The van der Waals surface area contributed by atoms with Crippen molar-refractivity contribution in [1.29, 1.82) is 0 Å². The van der Waals surface area contributed by atoms with Crippen molar-refractivity contribution in [2.45, 2.75) is 71.3 Å². The first-order chi connectivity index (χ1) is 9.50. The fourth-order valence-electron chi connectivity index (χ4n) is 2.25. The summed E-state index contributed by atoms with van der Waals surface area (Å²) in [6, 6.07) is 0. The van der Waals surface area contributed by atoms with Crippen LogP contribution in [0.1, 0.15) is 65.7 Å². The van der Waals surface area contributed by atoms with Gasteiger partial charge in [-0.2, -0.15) is 0 Å². The molecular weight excluding hydrogens is 252 g/mol. The average molecular weight is 286 g/mol. The zero-order valence-corrected chi connectivity index (χ0v) is 13.9. The van der Waals surface area contributed by atoms with E-state index in [0.29, 0.717) is 6.42 Å². The number of nitrogens with zero attached hydrogens (tertiary/aromatic N) is 1. The number of unbranched alkanes of at least 4 members (excludes halogenated alkanes) is 3. The number of carboxylic acid groups (broad SMARTS) is 1. The van der Waals surface area contributed by atoms with Crippen LogP contribution in [0.4, 0.5) is 0 Å². The Morgan fingerprint density at radius 2 is 1.55 bits per heavy atom. The molecule has 0 saturated heterocycles. The normalized spacial score (nSPS) is 14.4. The molecule has 20 heavy (non-hydrogen) atoms. The first-order valence-electron chi connectivity index (χ1n) is 8.14. The molecule has 0 heterocycles. The van der Waals surface area contributed by atoms with E-state index in [1.54, 1.807) is 14.0 Å². The van der Waals surface area contributed by atoms with Gasteiger partial charge in [-0.3, -0.25) is 4.79 Å². The molecule has 4 heteroatoms. The van der Waals surface area contributed by atoms with E-state index in [4.69, 9.17) is 0 Å². The lowest BCUT2D eigenvalue weighted by molar-refractivity contribution is -0.144. The van der Waals surface area contributed by atoms with Gasteiger partial charge in [0.1, 0.15) is 5.54 Å². The van der Waals surface area contributed by atoms with Crippen molar-refractivity contribution < 1.29 is 9.90 Å². The molecule has 0 spiro atoms. The van der Waals surface area contributed by atoms with Gasteiger partial charge in [0.25, 0.3) is 0 Å². The highest BCUT2D eigenvalue weighted by Crippen LogP contribution is 2.14. The highest BCUT2D eigenvalue weighted by atomic mass is 16.4. The molecule has 0 aromatic heterocycles. The number of aliphatic carboxylic acids is 1. The second-order valence-electron chi connectivity index (χ2n) is 5.89. The third-order valence-corrected chi connectivity index (χ3v) is 4.08. The Hall–Kier alpha value is -0.610. The summed E-state index contributed by atoms with van der Waals surface area (Å²) in [6.07, 6.45) is 7.71. The summed E-state index contributed by atoms with van der Waals surface area (Å²) in [4.78, 5) is 13.7. The summed E-state index contributed by atoms with van der Waals surface area (Å²) in [5.41, 5.74) is -0.780. The minimum absolute atomic E-state index is 0.689. The minimum Gasteiger partial charge on any atom is -0.480 e. The molecule has 0 bridgehead atoms. The molecule has 0 aromatic carbocycles. The number of hydrogen-bond acceptors (Lipinski definition) is 3. The molecule has 0 radical (unpaired) electrons. The molecule has 0 aliphatic heterocycles. The van der Waals surface area contributed by atoms with E-state index in [2.05, 4.69) is 24.1 Å². The Kier molecular flexibility index (Phi) is 10.8. The van der Waals surface area contributed by atoms with Gasteiger partial charge in [-0.25, -0.2) is 0 Å². The molecule has 0 aliphatic rings. The zero-order valence-electron chi connectivity index (χ0n) is 13.9. The molecule has 4 nitrogen and oxygen atoms in total. The Morgan fingerprint density at radius 3 is 1.95 bits per heavy atom. The highest BCUT2D eigenvalue weighted by molar-refractivity contribution is 5.78. The van der Waals surface area contributed by atoms with E-state index < -0.39 is 11.5 Å². The number of hydrogen-bond donors (Lipinski definition) is 2. The fourth-order valence-corrected chi connectivity index (χ4v) is 2.25. The van der Waals surface area contributed by atoms with Gasteiger partial charge in [0.05, 0.1) is 0 Å². The lowest BCUT2D eigenvalue weighted by Gasteiger charge is -2.25. The Balaban J connectivity index is 4.00. The van der Waals surface area contributed by atoms with E-state index in [1.807, 2.05) is 0 Å². The van der Waals surface area contributed by atoms with Gasteiger partial charge in [-0.05, 0) is 65.7 Å². The summed E-state index contributed by atoms with van der Waals surface area (Å²) in [5, 5.41) is 12.1. The third kappa shape index (κ3) is 7.85. The predicted octanol–water partition coefficient (Wildman–Crippen LogP) is 3.12. The zero-order chi connectivity index (χ0) is 15.4. The summed E-state index contributed by atoms with van der Waals surface area (Å²) >= 11 is 0. The maximum absolute atomic E-state index is 11.2. The van der Waals surface area contributed by atoms with E-state index in [9.17, 15) is 9.90 Å². The molecule has 2 N–H and O–H groups in total. The number of nitrogens with one attached hydrogen (secondary N) is 1. The van der Waals surface area contributed by atoms with Crippen molar-refractivity contribution in [3.05, 3.63) is 0 Å². The van der Waals surface area contributed by atoms with Gasteiger partial charge in [0, 0.05) is 0 Å². The molecule has 0 aliphatic carbocycles. The lowest BCUT2D eigenvalue weighted by atomic mass is 9.95. The fraction of sp³-hybridized carbons (Fsp3) is 0.938. The second-order valence-corrected chi connectivity index (χ2v) is 5.89. The van der Waals surface area contributed by atoms with E-state index in [-0.39, 0.29) is 0 Å². The number of rotatable bonds is 13. The lowest BCUT2D eigenvalue weighted by Crippen LogP contribution is -2.47. The molecule has 0 aromatic rings. The Morgan fingerprint density at radius 1 is 1.05 bits per heavy atom. The number of carbonyl (C=O) groups is 1. The topological polar surface area (TPSA) is 52.6 Å². The summed E-state index contributed by atoms with van der Waals surface area (Å²) in [5.74, 6) is -0.756. The van der Waals surface area contributed by atoms with Crippen LogP contribution in [-0.4, -0.2) is 48.2 Å². The van der Waals surface area contributed by atoms with Crippen LogP contribution >= 0.6 is 0 Å². The molecule has 0 saturated carbocycles. The maximum Gasteiger partial charge on any atom is 0.323 e. The number of carboxylic acids is 1. The van der Waals surface area contributed by atoms with Gasteiger partial charge in [0.15, 0.2) is 0 Å². The van der Waals surface area contributed by atoms with Crippen molar-refractivity contribution in [1.82, 2.24) is 10.2 Å². The van der Waals surface area contributed by atoms with Crippen LogP contribution in [0, 0.1) is 0 Å². The van der Waals surface area contributed by atoms with E-state index in [0.717, 1.165) is 19.4 Å². The highest BCUT2D eigenvalue weighted by Gasteiger charge is 2.30. The van der Waals surface area contributed by atoms with Gasteiger partial charge in [-0.1, -0.05) is 26.7 Å². The van der Waals surface area contributed by atoms with Crippen LogP contribution in [0.2, 0.25) is 0 Å². The van der Waals surface area contributed by atoms with Gasteiger partial charge in [-0.15, -0.1) is 0 Å². The molecule has 120 valence electrons. The monoisotopic (exact) mass is 286 g/mol. The van der Waals surface area contributed by atoms with Crippen LogP contribution < -0.4 is 5.32 Å². The number of likely N-dealkylation sites (N-methyl/N-ethyl adjacent to an activating group) is 1. The van der Waals surface area contributed by atoms with E-state index >= 15 is 0 Å². The molecule has 1 atom stereocenters. The standard InChI is InChI=1S/C16H34N2O2/c1-5-7-12-18(13-8-6-2)14-10-9-11-16(3,17-4)15(19)20/h17H,5-14H2,1-4H3,(H,19,20). The quantitative estimate of drug-likeness (QED) is 0.511. The summed E-state index contributed by atoms with van der Waals surface area (Å²) in [7, 11) is 1.73. The van der Waals surface area contributed by atoms with Gasteiger partial charge < -0.3 is 15.3 Å². The molecular formula is C16H34N2O2. The third-order valence-electron chi connectivity index (χ3n) is 4.08. The van der Waals surface area contributed by atoms with Crippen LogP contribution in [0.5, 0.6) is 0 Å². The van der Waals surface area contributed by atoms with Crippen LogP contribution in [0.25, 0.3) is 0 Å². The molecule has 1 unspecified atom stereocenters. The minimum atomic E-state index is -0.780. The SMILES string of the molecule is CCCCN(CCCC)CCCCC(C)(NC)C(=O)O. The average Bonchev–Trinajstić information content (AvgIpc) is 2.44. The first-order valence-corrected chi connectivity index (χ1v) is 8.14. The molecule has 0 amide bonds. The van der Waals surface area contributed by atoms with Crippen molar-refractivity contribution in [2.24, 2.45) is 0 Å². The smallest absolute Gasteiger partial charge is 0.323 e. The second kappa shape index (κ2) is 11.1. The first kappa shape index (κ1) is 19.4. The van der Waals surface area contributed by atoms with Crippen molar-refractivity contribution >= 4 is 5.97 Å². The van der Waals surface area contributed by atoms with Gasteiger partial charge >= 0.3 is 5.97 Å². The van der Waals surface area contributed by atoms with Crippen LogP contribution in [0.15, 0.2) is 0 Å². The Labute approximate surface area is 124 Å². The molecule has 0 fully saturated rings. The largest absolute Gasteiger partial charge is 0.480 e. The summed E-state index contributed by atoms with van der Waals surface area (Å²) < 4.78 is 0. The van der Waals surface area contributed by atoms with Crippen molar-refractivity contribution in [2.75, 3.05) is 26.7 Å². The van der Waals surface area contributed by atoms with E-state index in [1.165, 1.54) is 38.8 Å². The van der Waals surface area contributed by atoms with Crippen LogP contribution in [0.3, 0.4) is 0 Å². The van der Waals surface area contributed by atoms with Crippen molar-refractivity contribution in [3.8, 4) is 0 Å². The van der Waals surface area contributed by atoms with Crippen molar-refractivity contribution in [3.63, 3.8) is 0 Å². The predicted molar refractivity (Wildman–Crippen MR) is 85.2 cm³/mol. The Bertz CT molecular complexity index is 251. The van der Waals surface area contributed by atoms with Gasteiger partial charge in [0.2, 0.25) is 0 Å². The summed E-state index contributed by atoms with van der Waals surface area (Å²) in [6.45, 7) is 9.67.